The van der Waals surface area contributed by atoms with Gasteiger partial charge in [-0.05, 0) is 12.1 Å². The van der Waals surface area contributed by atoms with Crippen molar-refractivity contribution in [3.63, 3.8) is 0 Å². The largest absolute Gasteiger partial charge is 0.435 e. The van der Waals surface area contributed by atoms with Crippen LogP contribution in [0.25, 0.3) is 0 Å². The quantitative estimate of drug-likeness (QED) is 0.857. The van der Waals surface area contributed by atoms with Crippen LogP contribution in [0, 0.1) is 0 Å². The number of alkyl halides is 3. The Kier molecular flexibility index (Phi) is 4.20. The summed E-state index contributed by atoms with van der Waals surface area (Å²) in [6.07, 6.45) is -0.779. The molecule has 1 saturated heterocycles. The summed E-state index contributed by atoms with van der Waals surface area (Å²) < 4.78 is 39.5. The van der Waals surface area contributed by atoms with Gasteiger partial charge in [0.2, 0.25) is 0 Å². The molecule has 1 aliphatic heterocycles. The van der Waals surface area contributed by atoms with Crippen LogP contribution in [0.5, 0.6) is 0 Å². The fourth-order valence-electron chi connectivity index (χ4n) is 2.53. The van der Waals surface area contributed by atoms with Gasteiger partial charge < -0.3 is 9.47 Å². The summed E-state index contributed by atoms with van der Waals surface area (Å²) in [6.45, 7) is 3.76. The molecule has 0 N–H and O–H groups in total. The highest BCUT2D eigenvalue weighted by molar-refractivity contribution is 5.38. The molecule has 0 atom stereocenters. The van der Waals surface area contributed by atoms with Crippen molar-refractivity contribution in [3.8, 4) is 0 Å². The maximum absolute atomic E-state index is 12.5. The minimum atomic E-state index is -4.45. The summed E-state index contributed by atoms with van der Waals surface area (Å²) in [4.78, 5) is 8.51. The molecule has 0 aliphatic carbocycles. The van der Waals surface area contributed by atoms with Crippen LogP contribution in [-0.2, 0) is 19.8 Å². The van der Waals surface area contributed by atoms with E-state index in [0.29, 0.717) is 18.9 Å². The average molecular weight is 326 g/mol. The smallest absolute Gasteiger partial charge is 0.353 e. The Bertz CT molecular complexity index is 643. The first-order valence-electron chi connectivity index (χ1n) is 7.28. The molecule has 6 nitrogen and oxygen atoms in total. The van der Waals surface area contributed by atoms with E-state index in [2.05, 4.69) is 20.1 Å². The molecule has 1 fully saturated rings. The van der Waals surface area contributed by atoms with Gasteiger partial charge >= 0.3 is 6.18 Å². The zero-order valence-electron chi connectivity index (χ0n) is 12.7. The molecule has 0 spiro atoms. The van der Waals surface area contributed by atoms with Crippen molar-refractivity contribution in [3.05, 3.63) is 36.0 Å². The molecule has 0 unspecified atom stereocenters. The van der Waals surface area contributed by atoms with Gasteiger partial charge in [0.1, 0.15) is 5.82 Å². The molecule has 124 valence electrons. The first-order valence-corrected chi connectivity index (χ1v) is 7.28. The Morgan fingerprint density at radius 2 is 1.83 bits per heavy atom. The van der Waals surface area contributed by atoms with Crippen molar-refractivity contribution in [2.24, 2.45) is 7.05 Å². The topological polar surface area (TPSA) is 50.1 Å². The van der Waals surface area contributed by atoms with Crippen molar-refractivity contribution in [2.75, 3.05) is 31.1 Å². The van der Waals surface area contributed by atoms with E-state index in [9.17, 15) is 13.2 Å². The highest BCUT2D eigenvalue weighted by Gasteiger charge is 2.33. The summed E-state index contributed by atoms with van der Waals surface area (Å²) in [5.74, 6) is 1.47. The van der Waals surface area contributed by atoms with E-state index in [1.807, 2.05) is 22.7 Å². The van der Waals surface area contributed by atoms with Crippen molar-refractivity contribution >= 4 is 5.82 Å². The van der Waals surface area contributed by atoms with Gasteiger partial charge in [-0.2, -0.15) is 13.2 Å². The Morgan fingerprint density at radius 3 is 2.35 bits per heavy atom. The van der Waals surface area contributed by atoms with Gasteiger partial charge in [0.25, 0.3) is 0 Å². The standard InChI is InChI=1S/C14H17F3N6/c1-21-5-4-18-13(21)10-22-6-8-23(9-7-22)12-3-2-11(19-20-12)14(15,16)17/h2-5H,6-10H2,1H3. The van der Waals surface area contributed by atoms with Gasteiger partial charge in [-0.15, -0.1) is 10.2 Å². The SMILES string of the molecule is Cn1ccnc1CN1CCN(c2ccc(C(F)(F)F)nn2)CC1. The first kappa shape index (κ1) is 15.7. The molecular weight excluding hydrogens is 309 g/mol. The molecule has 3 heterocycles. The van der Waals surface area contributed by atoms with Gasteiger partial charge in [-0.1, -0.05) is 0 Å². The Hall–Kier alpha value is -2.16. The molecular formula is C14H17F3N6. The number of imidazole rings is 1. The van der Waals surface area contributed by atoms with E-state index in [-0.39, 0.29) is 0 Å². The number of aryl methyl sites for hydroxylation is 1. The summed E-state index contributed by atoms with van der Waals surface area (Å²) in [6, 6.07) is 2.35. The van der Waals surface area contributed by atoms with Crippen LogP contribution >= 0.6 is 0 Å². The molecule has 0 saturated carbocycles. The lowest BCUT2D eigenvalue weighted by Crippen LogP contribution is -2.46. The van der Waals surface area contributed by atoms with Gasteiger partial charge in [0.15, 0.2) is 11.5 Å². The minimum absolute atomic E-state index is 0.481. The third-order valence-corrected chi connectivity index (χ3v) is 3.92. The third kappa shape index (κ3) is 3.61. The van der Waals surface area contributed by atoms with Crippen LogP contribution in [0.3, 0.4) is 0 Å². The fraction of sp³-hybridized carbons (Fsp3) is 0.500. The Morgan fingerprint density at radius 1 is 1.09 bits per heavy atom. The molecule has 3 rings (SSSR count). The molecule has 2 aromatic heterocycles. The highest BCUT2D eigenvalue weighted by atomic mass is 19.4. The van der Waals surface area contributed by atoms with Gasteiger partial charge in [0.05, 0.1) is 6.54 Å². The summed E-state index contributed by atoms with van der Waals surface area (Å²) in [7, 11) is 1.95. The number of anilines is 1. The second-order valence-electron chi connectivity index (χ2n) is 5.49. The van der Waals surface area contributed by atoms with Crippen LogP contribution in [0.2, 0.25) is 0 Å². The van der Waals surface area contributed by atoms with Gasteiger partial charge in [-0.3, -0.25) is 4.90 Å². The van der Waals surface area contributed by atoms with Crippen LogP contribution < -0.4 is 4.90 Å². The highest BCUT2D eigenvalue weighted by Crippen LogP contribution is 2.27. The zero-order chi connectivity index (χ0) is 16.4. The van der Waals surface area contributed by atoms with Crippen molar-refractivity contribution in [1.82, 2.24) is 24.6 Å². The van der Waals surface area contributed by atoms with Crippen LogP contribution in [0.15, 0.2) is 24.5 Å². The van der Waals surface area contributed by atoms with Gasteiger partial charge in [-0.25, -0.2) is 4.98 Å². The van der Waals surface area contributed by atoms with E-state index >= 15 is 0 Å². The predicted octanol–water partition coefficient (Wildman–Crippen LogP) is 1.55. The number of halogens is 3. The molecule has 0 aromatic carbocycles. The zero-order valence-corrected chi connectivity index (χ0v) is 12.7. The van der Waals surface area contributed by atoms with E-state index < -0.39 is 11.9 Å². The number of rotatable bonds is 3. The molecule has 23 heavy (non-hydrogen) atoms. The summed E-state index contributed by atoms with van der Waals surface area (Å²) >= 11 is 0. The number of hydrogen-bond acceptors (Lipinski definition) is 5. The number of aromatic nitrogens is 4. The number of hydrogen-bond donors (Lipinski definition) is 0. The maximum atomic E-state index is 12.5. The molecule has 1 aliphatic rings. The number of nitrogens with zero attached hydrogens (tertiary/aromatic N) is 6. The van der Waals surface area contributed by atoms with Crippen LogP contribution in [-0.4, -0.2) is 50.8 Å². The molecule has 0 radical (unpaired) electrons. The summed E-state index contributed by atoms with van der Waals surface area (Å²) in [5, 5.41) is 6.98. The fourth-order valence-corrected chi connectivity index (χ4v) is 2.53. The maximum Gasteiger partial charge on any atom is 0.435 e. The van der Waals surface area contributed by atoms with E-state index in [4.69, 9.17) is 0 Å². The summed E-state index contributed by atoms with van der Waals surface area (Å²) in [5.41, 5.74) is -0.963. The molecule has 0 bridgehead atoms. The normalized spacial score (nSPS) is 16.8. The van der Waals surface area contributed by atoms with E-state index in [1.165, 1.54) is 6.07 Å². The minimum Gasteiger partial charge on any atom is -0.353 e. The lowest BCUT2D eigenvalue weighted by atomic mass is 10.3. The lowest BCUT2D eigenvalue weighted by Gasteiger charge is -2.34. The molecule has 9 heteroatoms. The first-order chi connectivity index (χ1) is 10.9. The van der Waals surface area contributed by atoms with E-state index in [1.54, 1.807) is 6.20 Å². The molecule has 0 amide bonds. The van der Waals surface area contributed by atoms with Crippen LogP contribution in [0.1, 0.15) is 11.5 Å². The van der Waals surface area contributed by atoms with Crippen molar-refractivity contribution in [1.29, 1.82) is 0 Å². The predicted molar refractivity (Wildman–Crippen MR) is 77.7 cm³/mol. The van der Waals surface area contributed by atoms with E-state index in [0.717, 1.165) is 31.5 Å². The Balaban J connectivity index is 1.57. The second-order valence-corrected chi connectivity index (χ2v) is 5.49. The Labute approximate surface area is 131 Å². The van der Waals surface area contributed by atoms with Gasteiger partial charge in [0, 0.05) is 45.6 Å². The van der Waals surface area contributed by atoms with Crippen molar-refractivity contribution < 1.29 is 13.2 Å². The average Bonchev–Trinajstić information content (AvgIpc) is 2.93. The molecule has 2 aromatic rings. The monoisotopic (exact) mass is 326 g/mol. The van der Waals surface area contributed by atoms with Crippen LogP contribution in [0.4, 0.5) is 19.0 Å². The van der Waals surface area contributed by atoms with Crippen molar-refractivity contribution in [2.45, 2.75) is 12.7 Å². The lowest BCUT2D eigenvalue weighted by molar-refractivity contribution is -0.141. The number of piperazine rings is 1. The second kappa shape index (κ2) is 6.15. The third-order valence-electron chi connectivity index (χ3n) is 3.92.